The van der Waals surface area contributed by atoms with Gasteiger partial charge in [-0.3, -0.25) is 9.59 Å². The molecule has 0 bridgehead atoms. The van der Waals surface area contributed by atoms with Crippen LogP contribution >= 0.6 is 0 Å². The molecule has 8 heteroatoms. The van der Waals surface area contributed by atoms with Crippen LogP contribution in [0.15, 0.2) is 66.4 Å². The number of carbonyl (C=O) groups excluding carboxylic acids is 2. The predicted molar refractivity (Wildman–Crippen MR) is 138 cm³/mol. The summed E-state index contributed by atoms with van der Waals surface area (Å²) in [5.41, 5.74) is 2.68. The number of likely N-dealkylation sites (tertiary alicyclic amines) is 1. The minimum atomic E-state index is -0.730. The van der Waals surface area contributed by atoms with Gasteiger partial charge >= 0.3 is 0 Å². The van der Waals surface area contributed by atoms with E-state index in [0.29, 0.717) is 42.1 Å². The second kappa shape index (κ2) is 10.8. The van der Waals surface area contributed by atoms with Crippen LogP contribution in [0.4, 0.5) is 0 Å². The highest BCUT2D eigenvalue weighted by atomic mass is 16.5. The molecule has 0 saturated carbocycles. The van der Waals surface area contributed by atoms with Gasteiger partial charge in [0, 0.05) is 6.54 Å². The number of para-hydroxylation sites is 1. The van der Waals surface area contributed by atoms with Crippen molar-refractivity contribution in [1.82, 2.24) is 19.6 Å². The molecule has 36 heavy (non-hydrogen) atoms. The first kappa shape index (κ1) is 25.2. The summed E-state index contributed by atoms with van der Waals surface area (Å²) in [6, 6.07) is 16.2. The zero-order valence-electron chi connectivity index (χ0n) is 21.1. The van der Waals surface area contributed by atoms with Gasteiger partial charge in [-0.2, -0.15) is 5.10 Å². The monoisotopic (exact) mass is 488 g/mol. The smallest absolute Gasteiger partial charge is 0.295 e. The third-order valence-corrected chi connectivity index (χ3v) is 6.29. The molecule has 8 nitrogen and oxygen atoms in total. The second-order valence-electron chi connectivity index (χ2n) is 9.05. The molecule has 3 aromatic rings. The van der Waals surface area contributed by atoms with E-state index in [0.717, 1.165) is 12.2 Å². The number of ether oxygens (including phenoxy) is 1. The maximum absolute atomic E-state index is 13.3. The number of benzene rings is 2. The number of hydrogen-bond donors (Lipinski definition) is 1. The van der Waals surface area contributed by atoms with Gasteiger partial charge in [-0.1, -0.05) is 30.3 Å². The number of Topliss-reactive ketones (excluding diaryl/α,β-unsaturated/α-hetero) is 1. The van der Waals surface area contributed by atoms with Gasteiger partial charge in [-0.25, -0.2) is 4.68 Å². The standard InChI is InChI=1S/C28H32N4O4/c1-5-36-22-14-9-11-20(17-22)25-24(27(34)28(35)31(25)16-10-15-30(3)4)26(33)23-18-29-32(19(23)2)21-12-7-6-8-13-21/h6-9,11-14,17-18,25,33H,5,10,15-16H2,1-4H3. The molecule has 2 aromatic carbocycles. The lowest BCUT2D eigenvalue weighted by Crippen LogP contribution is -2.32. The molecule has 0 aliphatic carbocycles. The quantitative estimate of drug-likeness (QED) is 0.279. The Balaban J connectivity index is 1.82. The van der Waals surface area contributed by atoms with Crippen LogP contribution in [0.25, 0.3) is 11.4 Å². The van der Waals surface area contributed by atoms with E-state index in [1.807, 2.05) is 87.4 Å². The fourth-order valence-electron chi connectivity index (χ4n) is 4.57. The van der Waals surface area contributed by atoms with Gasteiger partial charge < -0.3 is 19.6 Å². The summed E-state index contributed by atoms with van der Waals surface area (Å²) in [7, 11) is 3.93. The van der Waals surface area contributed by atoms with E-state index in [2.05, 4.69) is 5.10 Å². The lowest BCUT2D eigenvalue weighted by molar-refractivity contribution is -0.139. The highest BCUT2D eigenvalue weighted by Gasteiger charge is 2.46. The van der Waals surface area contributed by atoms with Gasteiger partial charge in [0.15, 0.2) is 0 Å². The molecule has 1 aliphatic heterocycles. The van der Waals surface area contributed by atoms with Crippen LogP contribution in [-0.2, 0) is 9.59 Å². The van der Waals surface area contributed by atoms with E-state index in [9.17, 15) is 14.7 Å². The molecule has 1 saturated heterocycles. The van der Waals surface area contributed by atoms with Crippen LogP contribution < -0.4 is 4.74 Å². The molecule has 0 radical (unpaired) electrons. The zero-order chi connectivity index (χ0) is 25.8. The number of aliphatic hydroxyl groups excluding tert-OH is 1. The van der Waals surface area contributed by atoms with Gasteiger partial charge in [-0.05, 0) is 70.7 Å². The SMILES string of the molecule is CCOc1cccc(C2C(=C(O)c3cnn(-c4ccccc4)c3C)C(=O)C(=O)N2CCCN(C)C)c1. The summed E-state index contributed by atoms with van der Waals surface area (Å²) < 4.78 is 7.37. The fourth-order valence-corrected chi connectivity index (χ4v) is 4.57. The van der Waals surface area contributed by atoms with E-state index in [-0.39, 0.29) is 11.3 Å². The minimum Gasteiger partial charge on any atom is -0.507 e. The Hall–Kier alpha value is -3.91. The fraction of sp³-hybridized carbons (Fsp3) is 0.321. The molecule has 2 heterocycles. The van der Waals surface area contributed by atoms with Crippen molar-refractivity contribution in [2.75, 3.05) is 33.8 Å². The molecular formula is C28H32N4O4. The van der Waals surface area contributed by atoms with Crippen molar-refractivity contribution in [3.8, 4) is 11.4 Å². The molecule has 1 fully saturated rings. The number of ketones is 1. The van der Waals surface area contributed by atoms with Gasteiger partial charge in [0.2, 0.25) is 0 Å². The number of amides is 1. The Labute approximate surface area is 211 Å². The van der Waals surface area contributed by atoms with Crippen molar-refractivity contribution in [3.05, 3.63) is 83.2 Å². The first-order chi connectivity index (χ1) is 17.3. The summed E-state index contributed by atoms with van der Waals surface area (Å²) in [5, 5.41) is 15.9. The Morgan fingerprint density at radius 3 is 2.56 bits per heavy atom. The molecule has 1 amide bonds. The number of aromatic nitrogens is 2. The Morgan fingerprint density at radius 2 is 1.86 bits per heavy atom. The number of carbonyl (C=O) groups is 2. The summed E-state index contributed by atoms with van der Waals surface area (Å²) >= 11 is 0. The lowest BCUT2D eigenvalue weighted by Gasteiger charge is -2.26. The second-order valence-corrected chi connectivity index (χ2v) is 9.05. The Morgan fingerprint density at radius 1 is 1.11 bits per heavy atom. The molecule has 0 spiro atoms. The van der Waals surface area contributed by atoms with Crippen LogP contribution in [-0.4, -0.2) is 70.2 Å². The van der Waals surface area contributed by atoms with E-state index in [1.165, 1.54) is 6.20 Å². The molecular weight excluding hydrogens is 456 g/mol. The van der Waals surface area contributed by atoms with Gasteiger partial charge in [0.05, 0.1) is 41.4 Å². The highest BCUT2D eigenvalue weighted by Crippen LogP contribution is 2.40. The molecule has 1 atom stereocenters. The summed E-state index contributed by atoms with van der Waals surface area (Å²) in [6.45, 7) is 5.35. The maximum atomic E-state index is 13.3. The van der Waals surface area contributed by atoms with Crippen LogP contribution in [0.3, 0.4) is 0 Å². The number of nitrogens with zero attached hydrogens (tertiary/aromatic N) is 4. The van der Waals surface area contributed by atoms with Crippen molar-refractivity contribution in [3.63, 3.8) is 0 Å². The van der Waals surface area contributed by atoms with Gasteiger partial charge in [0.1, 0.15) is 11.5 Å². The average Bonchev–Trinajstić information content (AvgIpc) is 3.37. The summed E-state index contributed by atoms with van der Waals surface area (Å²) in [4.78, 5) is 30.1. The Kier molecular flexibility index (Phi) is 7.55. The first-order valence-electron chi connectivity index (χ1n) is 12.1. The van der Waals surface area contributed by atoms with Gasteiger partial charge in [0.25, 0.3) is 11.7 Å². The van der Waals surface area contributed by atoms with Crippen molar-refractivity contribution < 1.29 is 19.4 Å². The minimum absolute atomic E-state index is 0.0641. The third kappa shape index (κ3) is 4.90. The lowest BCUT2D eigenvalue weighted by atomic mass is 9.95. The number of hydrogen-bond acceptors (Lipinski definition) is 6. The molecule has 4 rings (SSSR count). The summed E-state index contributed by atoms with van der Waals surface area (Å²) in [5.74, 6) is -0.900. The first-order valence-corrected chi connectivity index (χ1v) is 12.1. The van der Waals surface area contributed by atoms with Gasteiger partial charge in [-0.15, -0.1) is 0 Å². The normalized spacial score (nSPS) is 17.2. The van der Waals surface area contributed by atoms with Crippen molar-refractivity contribution >= 4 is 17.4 Å². The van der Waals surface area contributed by atoms with E-state index in [1.54, 1.807) is 9.58 Å². The average molecular weight is 489 g/mol. The van der Waals surface area contributed by atoms with Crippen LogP contribution in [0.2, 0.25) is 0 Å². The molecule has 1 unspecified atom stereocenters. The Bertz CT molecular complexity index is 1280. The third-order valence-electron chi connectivity index (χ3n) is 6.29. The molecule has 1 aromatic heterocycles. The van der Waals surface area contributed by atoms with Crippen LogP contribution in [0.5, 0.6) is 5.75 Å². The molecule has 188 valence electrons. The van der Waals surface area contributed by atoms with E-state index in [4.69, 9.17) is 4.74 Å². The number of aliphatic hydroxyl groups is 1. The number of rotatable bonds is 9. The maximum Gasteiger partial charge on any atom is 0.295 e. The van der Waals surface area contributed by atoms with Crippen LogP contribution in [0, 0.1) is 6.92 Å². The van der Waals surface area contributed by atoms with Crippen molar-refractivity contribution in [1.29, 1.82) is 0 Å². The van der Waals surface area contributed by atoms with Crippen molar-refractivity contribution in [2.24, 2.45) is 0 Å². The van der Waals surface area contributed by atoms with Crippen molar-refractivity contribution in [2.45, 2.75) is 26.3 Å². The highest BCUT2D eigenvalue weighted by molar-refractivity contribution is 6.46. The molecule has 1 aliphatic rings. The largest absolute Gasteiger partial charge is 0.507 e. The topological polar surface area (TPSA) is 87.9 Å². The zero-order valence-corrected chi connectivity index (χ0v) is 21.1. The predicted octanol–water partition coefficient (Wildman–Crippen LogP) is 3.95. The van der Waals surface area contributed by atoms with Crippen LogP contribution in [0.1, 0.15) is 36.2 Å². The molecule has 1 N–H and O–H groups in total. The summed E-state index contributed by atoms with van der Waals surface area (Å²) in [6.07, 6.45) is 2.22. The van der Waals surface area contributed by atoms with E-state index < -0.39 is 17.7 Å². The van der Waals surface area contributed by atoms with E-state index >= 15 is 0 Å².